The van der Waals surface area contributed by atoms with Crippen LogP contribution in [0.4, 0.5) is 10.5 Å². The number of H-pyrrole nitrogens is 1. The van der Waals surface area contributed by atoms with Crippen LogP contribution in [0.2, 0.25) is 5.02 Å². The number of hydrogen-bond donors (Lipinski definition) is 2. The van der Waals surface area contributed by atoms with Crippen LogP contribution in [0.15, 0.2) is 53.3 Å². The molecule has 1 aliphatic rings. The van der Waals surface area contributed by atoms with E-state index in [-0.39, 0.29) is 18.1 Å². The molecular formula is C24H27ClN4O3. The van der Waals surface area contributed by atoms with Gasteiger partial charge < -0.3 is 19.9 Å². The third-order valence-corrected chi connectivity index (χ3v) is 6.05. The Balaban J connectivity index is 1.57. The number of fused-ring (bicyclic) bond motifs is 1. The largest absolute Gasteiger partial charge is 0.379 e. The Bertz CT molecular complexity index is 1160. The number of aromatic nitrogens is 1. The second-order valence-electron chi connectivity index (χ2n) is 7.95. The van der Waals surface area contributed by atoms with Crippen molar-refractivity contribution in [2.75, 3.05) is 44.7 Å². The Kier molecular flexibility index (Phi) is 7.09. The highest BCUT2D eigenvalue weighted by atomic mass is 35.5. The quantitative estimate of drug-likeness (QED) is 0.593. The maximum Gasteiger partial charge on any atom is 0.322 e. The van der Waals surface area contributed by atoms with E-state index in [1.54, 1.807) is 17.0 Å². The molecule has 2 aromatic carbocycles. The lowest BCUT2D eigenvalue weighted by molar-refractivity contribution is 0.0349. The van der Waals surface area contributed by atoms with E-state index >= 15 is 0 Å². The van der Waals surface area contributed by atoms with Crippen LogP contribution in [0.3, 0.4) is 0 Å². The summed E-state index contributed by atoms with van der Waals surface area (Å²) < 4.78 is 5.41. The number of urea groups is 1. The Morgan fingerprint density at radius 1 is 1.19 bits per heavy atom. The number of rotatable bonds is 6. The highest BCUT2D eigenvalue weighted by molar-refractivity contribution is 6.33. The standard InChI is InChI=1S/C24H27ClN4O3/c1-17-5-4-6-18-15-19(23(30)27-22(17)18)16-29(10-9-28-11-13-32-14-12-28)24(31)26-21-8-3-2-7-20(21)25/h2-8,15H,9-14,16H2,1H3,(H,26,31)(H,27,30). The smallest absolute Gasteiger partial charge is 0.322 e. The second kappa shape index (κ2) is 10.2. The predicted octanol–water partition coefficient (Wildman–Crippen LogP) is 3.86. The molecule has 8 heteroatoms. The van der Waals surface area contributed by atoms with Gasteiger partial charge >= 0.3 is 6.03 Å². The molecule has 0 unspecified atom stereocenters. The molecule has 4 rings (SSSR count). The van der Waals surface area contributed by atoms with Crippen molar-refractivity contribution in [3.63, 3.8) is 0 Å². The molecule has 0 bridgehead atoms. The molecule has 0 atom stereocenters. The molecule has 3 aromatic rings. The minimum Gasteiger partial charge on any atom is -0.379 e. The van der Waals surface area contributed by atoms with E-state index < -0.39 is 0 Å². The summed E-state index contributed by atoms with van der Waals surface area (Å²) in [7, 11) is 0. The molecule has 168 valence electrons. The number of nitrogens with zero attached hydrogens (tertiary/aromatic N) is 2. The van der Waals surface area contributed by atoms with Gasteiger partial charge in [-0.3, -0.25) is 9.69 Å². The molecule has 2 amide bonds. The number of carbonyl (C=O) groups excluding carboxylic acids is 1. The van der Waals surface area contributed by atoms with E-state index in [1.807, 2.05) is 43.3 Å². The van der Waals surface area contributed by atoms with Crippen LogP contribution >= 0.6 is 11.6 Å². The molecule has 1 aromatic heterocycles. The van der Waals surface area contributed by atoms with E-state index in [9.17, 15) is 9.59 Å². The molecule has 2 heterocycles. The van der Waals surface area contributed by atoms with Gasteiger partial charge in [0, 0.05) is 31.7 Å². The van der Waals surface area contributed by atoms with Crippen LogP contribution in [0.5, 0.6) is 0 Å². The molecule has 1 aliphatic heterocycles. The lowest BCUT2D eigenvalue weighted by atomic mass is 10.1. The molecule has 0 spiro atoms. The zero-order chi connectivity index (χ0) is 22.5. The van der Waals surface area contributed by atoms with Crippen molar-refractivity contribution >= 4 is 34.2 Å². The van der Waals surface area contributed by atoms with Gasteiger partial charge in [0.05, 0.1) is 36.0 Å². The molecule has 1 fully saturated rings. The average Bonchev–Trinajstić information content (AvgIpc) is 2.80. The van der Waals surface area contributed by atoms with Crippen molar-refractivity contribution in [1.82, 2.24) is 14.8 Å². The van der Waals surface area contributed by atoms with Crippen LogP contribution in [0.25, 0.3) is 10.9 Å². The summed E-state index contributed by atoms with van der Waals surface area (Å²) in [5.74, 6) is 0. The maximum absolute atomic E-state index is 13.2. The van der Waals surface area contributed by atoms with Crippen molar-refractivity contribution in [3.05, 3.63) is 75.0 Å². The van der Waals surface area contributed by atoms with Crippen LogP contribution in [-0.4, -0.2) is 60.2 Å². The third-order valence-electron chi connectivity index (χ3n) is 5.72. The van der Waals surface area contributed by atoms with Gasteiger partial charge in [-0.05, 0) is 36.1 Å². The predicted molar refractivity (Wildman–Crippen MR) is 127 cm³/mol. The van der Waals surface area contributed by atoms with Crippen molar-refractivity contribution in [1.29, 1.82) is 0 Å². The van der Waals surface area contributed by atoms with Gasteiger partial charge in [0.1, 0.15) is 0 Å². The summed E-state index contributed by atoms with van der Waals surface area (Å²) >= 11 is 6.23. The molecule has 0 radical (unpaired) electrons. The van der Waals surface area contributed by atoms with Crippen LogP contribution in [0, 0.1) is 6.92 Å². The van der Waals surface area contributed by atoms with Gasteiger partial charge in [-0.2, -0.15) is 0 Å². The lowest BCUT2D eigenvalue weighted by Gasteiger charge is -2.30. The van der Waals surface area contributed by atoms with Gasteiger partial charge in [-0.25, -0.2) is 4.79 Å². The maximum atomic E-state index is 13.2. The number of amides is 2. The number of ether oxygens (including phenoxy) is 1. The molecule has 2 N–H and O–H groups in total. The fourth-order valence-electron chi connectivity index (χ4n) is 3.85. The third kappa shape index (κ3) is 5.30. The number of hydrogen-bond acceptors (Lipinski definition) is 4. The fourth-order valence-corrected chi connectivity index (χ4v) is 4.03. The molecule has 0 aliphatic carbocycles. The van der Waals surface area contributed by atoms with Gasteiger partial charge in [-0.1, -0.05) is 41.9 Å². The summed E-state index contributed by atoms with van der Waals surface area (Å²) in [4.78, 5) is 32.9. The highest BCUT2D eigenvalue weighted by Crippen LogP contribution is 2.21. The Hall–Kier alpha value is -2.87. The minimum atomic E-state index is -0.296. The Labute approximate surface area is 191 Å². The average molecular weight is 455 g/mol. The molecule has 32 heavy (non-hydrogen) atoms. The summed E-state index contributed by atoms with van der Waals surface area (Å²) in [5.41, 5.74) is 2.72. The van der Waals surface area contributed by atoms with Crippen LogP contribution < -0.4 is 10.9 Å². The van der Waals surface area contributed by atoms with E-state index in [4.69, 9.17) is 16.3 Å². The Morgan fingerprint density at radius 3 is 2.75 bits per heavy atom. The number of aryl methyl sites for hydroxylation is 1. The first-order chi connectivity index (χ1) is 15.5. The Morgan fingerprint density at radius 2 is 1.97 bits per heavy atom. The summed E-state index contributed by atoms with van der Waals surface area (Å²) in [6.07, 6.45) is 0. The summed E-state index contributed by atoms with van der Waals surface area (Å²) in [5, 5.41) is 4.29. The van der Waals surface area contributed by atoms with Crippen molar-refractivity contribution in [2.24, 2.45) is 0 Å². The monoisotopic (exact) mass is 454 g/mol. The topological polar surface area (TPSA) is 77.7 Å². The van der Waals surface area contributed by atoms with Gasteiger partial charge in [0.2, 0.25) is 0 Å². The first-order valence-electron chi connectivity index (χ1n) is 10.7. The summed E-state index contributed by atoms with van der Waals surface area (Å²) in [6, 6.07) is 14.6. The summed E-state index contributed by atoms with van der Waals surface area (Å²) in [6.45, 7) is 6.37. The van der Waals surface area contributed by atoms with Gasteiger partial charge in [0.15, 0.2) is 0 Å². The van der Waals surface area contributed by atoms with E-state index in [1.165, 1.54) is 0 Å². The van der Waals surface area contributed by atoms with Crippen LogP contribution in [-0.2, 0) is 11.3 Å². The molecule has 7 nitrogen and oxygen atoms in total. The molecular weight excluding hydrogens is 428 g/mol. The van der Waals surface area contributed by atoms with E-state index in [0.29, 0.717) is 42.6 Å². The SMILES string of the molecule is Cc1cccc2cc(CN(CCN3CCOCC3)C(=O)Nc3ccccc3Cl)c(=O)[nH]c12. The fraction of sp³-hybridized carbons (Fsp3) is 0.333. The first kappa shape index (κ1) is 22.3. The lowest BCUT2D eigenvalue weighted by Crippen LogP contribution is -2.44. The van der Waals surface area contributed by atoms with Crippen molar-refractivity contribution in [2.45, 2.75) is 13.5 Å². The minimum absolute atomic E-state index is 0.186. The number of aromatic amines is 1. The number of nitrogens with one attached hydrogen (secondary N) is 2. The van der Waals surface area contributed by atoms with Gasteiger partial charge in [0.25, 0.3) is 5.56 Å². The normalized spacial score (nSPS) is 14.4. The number of morpholine rings is 1. The zero-order valence-corrected chi connectivity index (χ0v) is 18.8. The second-order valence-corrected chi connectivity index (χ2v) is 8.36. The number of para-hydroxylation sites is 2. The first-order valence-corrected chi connectivity index (χ1v) is 11.1. The number of anilines is 1. The van der Waals surface area contributed by atoms with Crippen LogP contribution in [0.1, 0.15) is 11.1 Å². The van der Waals surface area contributed by atoms with Gasteiger partial charge in [-0.15, -0.1) is 0 Å². The van der Waals surface area contributed by atoms with Crippen molar-refractivity contribution in [3.8, 4) is 0 Å². The number of pyridine rings is 1. The van der Waals surface area contributed by atoms with E-state index in [2.05, 4.69) is 15.2 Å². The molecule has 0 saturated carbocycles. The van der Waals surface area contributed by atoms with E-state index in [0.717, 1.165) is 29.6 Å². The van der Waals surface area contributed by atoms with Crippen molar-refractivity contribution < 1.29 is 9.53 Å². The number of benzene rings is 2. The zero-order valence-electron chi connectivity index (χ0n) is 18.1. The molecule has 1 saturated heterocycles. The number of halogens is 1. The highest BCUT2D eigenvalue weighted by Gasteiger charge is 2.19. The number of carbonyl (C=O) groups is 1.